The van der Waals surface area contributed by atoms with Crippen molar-refractivity contribution in [3.05, 3.63) is 57.3 Å². The number of aromatic amines is 1. The molecule has 0 radical (unpaired) electrons. The Labute approximate surface area is 116 Å². The fourth-order valence-electron chi connectivity index (χ4n) is 1.49. The number of benzene rings is 1. The molecule has 7 heteroatoms. The van der Waals surface area contributed by atoms with Gasteiger partial charge in [0, 0.05) is 5.56 Å². The van der Waals surface area contributed by atoms with Gasteiger partial charge >= 0.3 is 6.18 Å². The first-order valence-electron chi connectivity index (χ1n) is 5.05. The van der Waals surface area contributed by atoms with Gasteiger partial charge < -0.3 is 4.98 Å². The summed E-state index contributed by atoms with van der Waals surface area (Å²) in [6.07, 6.45) is -4.43. The van der Waals surface area contributed by atoms with Gasteiger partial charge in [-0.2, -0.15) is 13.2 Å². The van der Waals surface area contributed by atoms with E-state index in [1.54, 1.807) is 0 Å². The normalized spacial score (nSPS) is 11.6. The van der Waals surface area contributed by atoms with Crippen molar-refractivity contribution in [3.8, 4) is 0 Å². The summed E-state index contributed by atoms with van der Waals surface area (Å²) in [6, 6.07) is 5.23. The molecular formula is C12H6Cl2F3NO. The zero-order chi connectivity index (χ0) is 14.2. The van der Waals surface area contributed by atoms with Crippen molar-refractivity contribution in [1.29, 1.82) is 0 Å². The molecule has 1 aromatic carbocycles. The summed E-state index contributed by atoms with van der Waals surface area (Å²) >= 11 is 11.3. The fourth-order valence-corrected chi connectivity index (χ4v) is 1.81. The predicted molar refractivity (Wildman–Crippen MR) is 65.7 cm³/mol. The number of alkyl halides is 3. The molecule has 1 N–H and O–H groups in total. The Balaban J connectivity index is 2.30. The van der Waals surface area contributed by atoms with E-state index in [0.29, 0.717) is 0 Å². The fraction of sp³-hybridized carbons (Fsp3) is 0.0833. The van der Waals surface area contributed by atoms with Gasteiger partial charge in [0.25, 0.3) is 0 Å². The molecule has 0 aliphatic carbocycles. The molecule has 0 aliphatic rings. The van der Waals surface area contributed by atoms with E-state index in [4.69, 9.17) is 23.2 Å². The third kappa shape index (κ3) is 2.93. The van der Waals surface area contributed by atoms with Crippen molar-refractivity contribution < 1.29 is 18.0 Å². The molecule has 19 heavy (non-hydrogen) atoms. The van der Waals surface area contributed by atoms with Crippen LogP contribution < -0.4 is 0 Å². The Morgan fingerprint density at radius 3 is 2.11 bits per heavy atom. The molecule has 100 valence electrons. The predicted octanol–water partition coefficient (Wildman–Crippen LogP) is 4.57. The van der Waals surface area contributed by atoms with E-state index in [9.17, 15) is 18.0 Å². The SMILES string of the molecule is O=C(c1ccc(C(F)(F)F)cc1)c1cc(Cl)c(Cl)[nH]1. The van der Waals surface area contributed by atoms with Crippen LogP contribution in [0.15, 0.2) is 30.3 Å². The average Bonchev–Trinajstić information content (AvgIpc) is 2.68. The second-order valence-corrected chi connectivity index (χ2v) is 4.53. The number of carbonyl (C=O) groups is 1. The molecule has 0 amide bonds. The largest absolute Gasteiger partial charge is 0.416 e. The zero-order valence-electron chi connectivity index (χ0n) is 9.18. The number of hydrogen-bond acceptors (Lipinski definition) is 1. The van der Waals surface area contributed by atoms with Gasteiger partial charge in [-0.15, -0.1) is 0 Å². The lowest BCUT2D eigenvalue weighted by Crippen LogP contribution is -2.06. The summed E-state index contributed by atoms with van der Waals surface area (Å²) in [5.74, 6) is -0.484. The minimum atomic E-state index is -4.43. The van der Waals surface area contributed by atoms with Crippen LogP contribution in [-0.2, 0) is 6.18 Å². The topological polar surface area (TPSA) is 32.9 Å². The highest BCUT2D eigenvalue weighted by Gasteiger charge is 2.30. The first kappa shape index (κ1) is 14.0. The van der Waals surface area contributed by atoms with Gasteiger partial charge in [0.1, 0.15) is 5.15 Å². The molecule has 2 nitrogen and oxygen atoms in total. The monoisotopic (exact) mass is 307 g/mol. The highest BCUT2D eigenvalue weighted by Crippen LogP contribution is 2.29. The summed E-state index contributed by atoms with van der Waals surface area (Å²) in [6.45, 7) is 0. The Kier molecular flexibility index (Phi) is 3.60. The molecule has 0 bridgehead atoms. The zero-order valence-corrected chi connectivity index (χ0v) is 10.7. The van der Waals surface area contributed by atoms with E-state index in [2.05, 4.69) is 4.98 Å². The number of nitrogens with one attached hydrogen (secondary N) is 1. The van der Waals surface area contributed by atoms with Crippen LogP contribution in [0.25, 0.3) is 0 Å². The highest BCUT2D eigenvalue weighted by atomic mass is 35.5. The van der Waals surface area contributed by atoms with Gasteiger partial charge in [0.2, 0.25) is 5.78 Å². The lowest BCUT2D eigenvalue weighted by atomic mass is 10.1. The second-order valence-electron chi connectivity index (χ2n) is 3.75. The second kappa shape index (κ2) is 4.90. The van der Waals surface area contributed by atoms with Crippen LogP contribution in [0, 0.1) is 0 Å². The van der Waals surface area contributed by atoms with Crippen molar-refractivity contribution in [2.45, 2.75) is 6.18 Å². The number of halogens is 5. The van der Waals surface area contributed by atoms with Crippen LogP contribution in [0.3, 0.4) is 0 Å². The van der Waals surface area contributed by atoms with Crippen molar-refractivity contribution in [2.24, 2.45) is 0 Å². The first-order valence-corrected chi connectivity index (χ1v) is 5.80. The maximum atomic E-state index is 12.4. The van der Waals surface area contributed by atoms with Gasteiger partial charge in [-0.3, -0.25) is 4.79 Å². The van der Waals surface area contributed by atoms with Crippen LogP contribution in [0.2, 0.25) is 10.2 Å². The number of aromatic nitrogens is 1. The van der Waals surface area contributed by atoms with Crippen LogP contribution in [0.4, 0.5) is 13.2 Å². The van der Waals surface area contributed by atoms with E-state index in [0.717, 1.165) is 24.3 Å². The van der Waals surface area contributed by atoms with Crippen molar-refractivity contribution in [2.75, 3.05) is 0 Å². The Hall–Kier alpha value is -1.46. The van der Waals surface area contributed by atoms with E-state index in [1.165, 1.54) is 6.07 Å². The van der Waals surface area contributed by atoms with Crippen LogP contribution >= 0.6 is 23.2 Å². The maximum Gasteiger partial charge on any atom is 0.416 e. The number of hydrogen-bond donors (Lipinski definition) is 1. The molecule has 0 fully saturated rings. The number of carbonyl (C=O) groups excluding carboxylic acids is 1. The molecule has 0 atom stereocenters. The summed E-state index contributed by atoms with van der Waals surface area (Å²) < 4.78 is 37.1. The summed E-state index contributed by atoms with van der Waals surface area (Å²) in [5.41, 5.74) is -0.580. The molecule has 0 saturated heterocycles. The van der Waals surface area contributed by atoms with Gasteiger partial charge in [-0.25, -0.2) is 0 Å². The van der Waals surface area contributed by atoms with E-state index in [-0.39, 0.29) is 21.4 Å². The smallest absolute Gasteiger partial charge is 0.342 e. The third-order valence-corrected chi connectivity index (χ3v) is 3.14. The minimum absolute atomic E-state index is 0.108. The van der Waals surface area contributed by atoms with Gasteiger partial charge in [-0.05, 0) is 18.2 Å². The van der Waals surface area contributed by atoms with E-state index in [1.807, 2.05) is 0 Å². The molecule has 0 spiro atoms. The van der Waals surface area contributed by atoms with E-state index >= 15 is 0 Å². The molecule has 0 unspecified atom stereocenters. The van der Waals surface area contributed by atoms with Gasteiger partial charge in [0.05, 0.1) is 16.3 Å². The minimum Gasteiger partial charge on any atom is -0.342 e. The first-order chi connectivity index (χ1) is 8.79. The summed E-state index contributed by atoms with van der Waals surface area (Å²) in [7, 11) is 0. The number of H-pyrrole nitrogens is 1. The number of ketones is 1. The average molecular weight is 308 g/mol. The third-order valence-electron chi connectivity index (χ3n) is 2.44. The van der Waals surface area contributed by atoms with Crippen molar-refractivity contribution in [3.63, 3.8) is 0 Å². The van der Waals surface area contributed by atoms with E-state index < -0.39 is 17.5 Å². The summed E-state index contributed by atoms with van der Waals surface area (Å²) in [4.78, 5) is 14.5. The Morgan fingerprint density at radius 2 is 1.68 bits per heavy atom. The quantitative estimate of drug-likeness (QED) is 0.810. The molecule has 2 rings (SSSR count). The standard InChI is InChI=1S/C12H6Cl2F3NO/c13-8-5-9(18-11(8)14)10(19)6-1-3-7(4-2-6)12(15,16)17/h1-5,18H. The van der Waals surface area contributed by atoms with Gasteiger partial charge in [-0.1, -0.05) is 35.3 Å². The Morgan fingerprint density at radius 1 is 1.11 bits per heavy atom. The summed E-state index contributed by atoms with van der Waals surface area (Å²) in [5, 5.41) is 0.286. The van der Waals surface area contributed by atoms with Crippen LogP contribution in [0.5, 0.6) is 0 Å². The van der Waals surface area contributed by atoms with Crippen LogP contribution in [0.1, 0.15) is 21.6 Å². The molecular weight excluding hydrogens is 302 g/mol. The van der Waals surface area contributed by atoms with Gasteiger partial charge in [0.15, 0.2) is 0 Å². The highest BCUT2D eigenvalue weighted by molar-refractivity contribution is 6.41. The molecule has 0 aliphatic heterocycles. The lowest BCUT2D eigenvalue weighted by molar-refractivity contribution is -0.137. The lowest BCUT2D eigenvalue weighted by Gasteiger charge is -2.06. The van der Waals surface area contributed by atoms with Crippen molar-refractivity contribution >= 4 is 29.0 Å². The van der Waals surface area contributed by atoms with Crippen LogP contribution in [-0.4, -0.2) is 10.8 Å². The molecule has 1 aromatic heterocycles. The molecule has 1 heterocycles. The maximum absolute atomic E-state index is 12.4. The molecule has 2 aromatic rings. The Bertz CT molecular complexity index is 597. The molecule has 0 saturated carbocycles. The van der Waals surface area contributed by atoms with Crippen molar-refractivity contribution in [1.82, 2.24) is 4.98 Å². The number of rotatable bonds is 2.